The summed E-state index contributed by atoms with van der Waals surface area (Å²) in [7, 11) is 0. The van der Waals surface area contributed by atoms with E-state index in [-0.39, 0.29) is 28.3 Å². The third-order valence-corrected chi connectivity index (χ3v) is 8.97. The number of Topliss-reactive ketones (excluding diaryl/α,β-unsaturated/α-hetero) is 1. The van der Waals surface area contributed by atoms with E-state index in [0.29, 0.717) is 33.4 Å². The van der Waals surface area contributed by atoms with Crippen molar-refractivity contribution in [2.24, 2.45) is 0 Å². The second-order valence-electron chi connectivity index (χ2n) is 9.60. The summed E-state index contributed by atoms with van der Waals surface area (Å²) in [5, 5.41) is 31.3. The van der Waals surface area contributed by atoms with Crippen LogP contribution in [0.15, 0.2) is 82.7 Å². The van der Waals surface area contributed by atoms with Crippen LogP contribution < -0.4 is 9.64 Å². The molecule has 2 aliphatic rings. The van der Waals surface area contributed by atoms with Crippen molar-refractivity contribution in [3.63, 3.8) is 0 Å². The zero-order chi connectivity index (χ0) is 28.7. The van der Waals surface area contributed by atoms with Gasteiger partial charge in [-0.05, 0) is 53.9 Å². The Hall–Kier alpha value is -4.55. The maximum Gasteiger partial charge on any atom is 0.301 e. The number of nitro benzene ring substituents is 1. The fourth-order valence-corrected chi connectivity index (χ4v) is 6.75. The highest BCUT2D eigenvalue weighted by atomic mass is 32.2. The predicted molar refractivity (Wildman–Crippen MR) is 154 cm³/mol. The molecule has 3 aromatic carbocycles. The third-order valence-electron chi connectivity index (χ3n) is 6.84. The molecule has 12 heteroatoms. The van der Waals surface area contributed by atoms with Gasteiger partial charge in [0, 0.05) is 29.9 Å². The van der Waals surface area contributed by atoms with Gasteiger partial charge in [0.15, 0.2) is 4.34 Å². The molecule has 6 rings (SSSR count). The minimum atomic E-state index is -1.07. The molecular formula is C29H22N4O6S2. The fraction of sp³-hybridized carbons (Fsp3) is 0.172. The summed E-state index contributed by atoms with van der Waals surface area (Å²) in [6.07, 6.45) is 0.629. The monoisotopic (exact) mass is 586 g/mol. The molecule has 2 unspecified atom stereocenters. The molecule has 0 saturated carbocycles. The van der Waals surface area contributed by atoms with E-state index in [4.69, 9.17) is 4.74 Å². The van der Waals surface area contributed by atoms with Gasteiger partial charge in [0.1, 0.15) is 17.6 Å². The van der Waals surface area contributed by atoms with Crippen LogP contribution in [0.25, 0.3) is 5.76 Å². The molecule has 4 aromatic rings. The minimum absolute atomic E-state index is 0.0144. The summed E-state index contributed by atoms with van der Waals surface area (Å²) < 4.78 is 6.35. The molecule has 3 heterocycles. The van der Waals surface area contributed by atoms with E-state index in [1.807, 2.05) is 37.3 Å². The van der Waals surface area contributed by atoms with Crippen molar-refractivity contribution >= 4 is 51.4 Å². The smallest absolute Gasteiger partial charge is 0.301 e. The Balaban J connectivity index is 1.41. The van der Waals surface area contributed by atoms with Crippen LogP contribution in [0.3, 0.4) is 0 Å². The first-order valence-electron chi connectivity index (χ1n) is 12.7. The van der Waals surface area contributed by atoms with Crippen molar-refractivity contribution in [3.8, 4) is 5.75 Å². The van der Waals surface area contributed by atoms with E-state index in [1.165, 1.54) is 40.9 Å². The number of ether oxygens (including phenoxy) is 1. The zero-order valence-electron chi connectivity index (χ0n) is 21.6. The van der Waals surface area contributed by atoms with Gasteiger partial charge in [-0.25, -0.2) is 0 Å². The highest BCUT2D eigenvalue weighted by Gasteiger charge is 2.48. The Labute approximate surface area is 242 Å². The average molecular weight is 587 g/mol. The summed E-state index contributed by atoms with van der Waals surface area (Å²) in [6.45, 7) is 1.94. The predicted octanol–water partition coefficient (Wildman–Crippen LogP) is 5.69. The first kappa shape index (κ1) is 26.7. The number of hydrogen-bond acceptors (Lipinski definition) is 10. The molecule has 2 atom stereocenters. The molecule has 0 spiro atoms. The normalized spacial score (nSPS) is 19.3. The lowest BCUT2D eigenvalue weighted by Crippen LogP contribution is -2.29. The second-order valence-corrected chi connectivity index (χ2v) is 11.8. The van der Waals surface area contributed by atoms with E-state index in [1.54, 1.807) is 18.2 Å². The van der Waals surface area contributed by atoms with Crippen LogP contribution >= 0.6 is 23.1 Å². The van der Waals surface area contributed by atoms with Crippen LogP contribution in [-0.2, 0) is 21.8 Å². The first-order valence-corrected chi connectivity index (χ1v) is 14.5. The number of benzene rings is 3. The summed E-state index contributed by atoms with van der Waals surface area (Å²) in [4.78, 5) is 38.9. The summed E-state index contributed by atoms with van der Waals surface area (Å²) in [5.74, 6) is -0.759. The molecule has 1 amide bonds. The van der Waals surface area contributed by atoms with Gasteiger partial charge < -0.3 is 9.84 Å². The molecule has 2 aliphatic heterocycles. The third kappa shape index (κ3) is 5.07. The van der Waals surface area contributed by atoms with Gasteiger partial charge in [-0.15, -0.1) is 10.2 Å². The maximum atomic E-state index is 13.5. The van der Waals surface area contributed by atoms with Crippen LogP contribution in [0.2, 0.25) is 0 Å². The largest absolute Gasteiger partial charge is 0.507 e. The van der Waals surface area contributed by atoms with Crippen molar-refractivity contribution in [1.82, 2.24) is 10.2 Å². The van der Waals surface area contributed by atoms with Crippen LogP contribution in [0, 0.1) is 10.1 Å². The van der Waals surface area contributed by atoms with E-state index >= 15 is 0 Å². The average Bonchev–Trinajstić information content (AvgIpc) is 3.67. The van der Waals surface area contributed by atoms with Gasteiger partial charge in [0.25, 0.3) is 11.5 Å². The van der Waals surface area contributed by atoms with Gasteiger partial charge in [-0.2, -0.15) is 0 Å². The van der Waals surface area contributed by atoms with Crippen molar-refractivity contribution in [2.75, 3.05) is 4.90 Å². The number of nitrogens with zero attached hydrogens (tertiary/aromatic N) is 4. The highest BCUT2D eigenvalue weighted by molar-refractivity contribution is 8.00. The van der Waals surface area contributed by atoms with E-state index < -0.39 is 22.7 Å². The molecule has 0 radical (unpaired) electrons. The number of hydrogen-bond donors (Lipinski definition) is 1. The molecule has 1 fully saturated rings. The minimum Gasteiger partial charge on any atom is -0.507 e. The van der Waals surface area contributed by atoms with E-state index in [2.05, 4.69) is 10.2 Å². The topological polar surface area (TPSA) is 136 Å². The number of amides is 1. The molecule has 0 aliphatic carbocycles. The Morgan fingerprint density at radius 2 is 1.88 bits per heavy atom. The zero-order valence-corrected chi connectivity index (χ0v) is 23.2. The molecule has 1 N–H and O–H groups in total. The van der Waals surface area contributed by atoms with Crippen LogP contribution in [-0.4, -0.2) is 38.0 Å². The van der Waals surface area contributed by atoms with E-state index in [9.17, 15) is 24.8 Å². The maximum absolute atomic E-state index is 13.5. The highest BCUT2D eigenvalue weighted by Crippen LogP contribution is 2.45. The Bertz CT molecular complexity index is 1700. The van der Waals surface area contributed by atoms with Gasteiger partial charge in [0.05, 0.1) is 16.5 Å². The second kappa shape index (κ2) is 10.8. The summed E-state index contributed by atoms with van der Waals surface area (Å²) in [6, 6.07) is 19.4. The molecule has 1 saturated heterocycles. The number of fused-ring (bicyclic) bond motifs is 1. The Kier molecular flexibility index (Phi) is 7.01. The molecule has 1 aromatic heterocycles. The molecular weight excluding hydrogens is 564 g/mol. The first-order chi connectivity index (χ1) is 19.8. The van der Waals surface area contributed by atoms with E-state index in [0.717, 1.165) is 22.5 Å². The summed E-state index contributed by atoms with van der Waals surface area (Å²) in [5.41, 5.74) is 2.46. The SMILES string of the molecule is CC1Cc2cc(/C(O)=C3\C(=O)C(=O)N(c4nnc(SCc5ccccc5)s4)C3c3ccc([N+](=O)[O-])cc3)ccc2O1. The number of aliphatic hydroxyl groups is 1. The number of carbonyl (C=O) groups is 2. The summed E-state index contributed by atoms with van der Waals surface area (Å²) >= 11 is 2.60. The Morgan fingerprint density at radius 3 is 2.61 bits per heavy atom. The number of anilines is 1. The fourth-order valence-electron chi connectivity index (χ4n) is 4.93. The lowest BCUT2D eigenvalue weighted by molar-refractivity contribution is -0.384. The number of carbonyl (C=O) groups excluding carboxylic acids is 2. The van der Waals surface area contributed by atoms with Crippen LogP contribution in [0.5, 0.6) is 5.75 Å². The van der Waals surface area contributed by atoms with Crippen molar-refractivity contribution in [3.05, 3.63) is 111 Å². The standard InChI is InChI=1S/C29H22N4O6S2/c1-16-13-20-14-19(9-12-22(20)39-16)25(34)23-24(18-7-10-21(11-8-18)33(37)38)32(27(36)26(23)35)28-30-31-29(41-28)40-15-17-5-3-2-4-6-17/h2-12,14,16,24,34H,13,15H2,1H3/b25-23+. The van der Waals surface area contributed by atoms with Gasteiger partial charge in [-0.3, -0.25) is 24.6 Å². The van der Waals surface area contributed by atoms with Crippen molar-refractivity contribution < 1.29 is 24.4 Å². The number of aliphatic hydroxyl groups excluding tert-OH is 1. The number of thioether (sulfide) groups is 1. The molecule has 41 heavy (non-hydrogen) atoms. The van der Waals surface area contributed by atoms with Gasteiger partial charge >= 0.3 is 5.91 Å². The quantitative estimate of drug-likeness (QED) is 0.0551. The van der Waals surface area contributed by atoms with Gasteiger partial charge in [0.2, 0.25) is 5.13 Å². The molecule has 10 nitrogen and oxygen atoms in total. The number of aromatic nitrogens is 2. The van der Waals surface area contributed by atoms with Crippen molar-refractivity contribution in [1.29, 1.82) is 0 Å². The number of nitro groups is 1. The lowest BCUT2D eigenvalue weighted by Gasteiger charge is -2.22. The van der Waals surface area contributed by atoms with Crippen LogP contribution in [0.4, 0.5) is 10.8 Å². The van der Waals surface area contributed by atoms with Crippen LogP contribution in [0.1, 0.15) is 35.2 Å². The lowest BCUT2D eigenvalue weighted by atomic mass is 9.94. The Morgan fingerprint density at radius 1 is 1.12 bits per heavy atom. The molecule has 0 bridgehead atoms. The number of ketones is 1. The van der Waals surface area contributed by atoms with Gasteiger partial charge in [-0.1, -0.05) is 53.4 Å². The molecule has 206 valence electrons. The van der Waals surface area contributed by atoms with Crippen molar-refractivity contribution in [2.45, 2.75) is 35.6 Å². The number of non-ortho nitro benzene ring substituents is 1. The number of rotatable bonds is 7.